The molecule has 1 unspecified atom stereocenters. The number of ether oxygens (including phenoxy) is 2. The molecular formula is C24H26F2N2O6. The monoisotopic (exact) mass is 476 g/mol. The molecule has 0 spiro atoms. The standard InChI is InChI=1S/C24H26F2N2O6/c1-15(2)13-31-21-10-17(8-9-20(21)33-24(25)26)23-27-18(14-32-23)11-19(12-29)34-28-22(30)16-6-4-3-5-7-16/h3-10,14-15,19,24,29H,11-13H2,1-2H3,(H,28,30). The number of halogens is 2. The Labute approximate surface area is 195 Å². The van der Waals surface area contributed by atoms with Crippen LogP contribution < -0.4 is 15.0 Å². The summed E-state index contributed by atoms with van der Waals surface area (Å²) in [4.78, 5) is 21.8. The van der Waals surface area contributed by atoms with Crippen molar-refractivity contribution in [2.75, 3.05) is 13.2 Å². The Hall–Kier alpha value is -3.50. The minimum atomic E-state index is -2.99. The molecule has 3 rings (SSSR count). The summed E-state index contributed by atoms with van der Waals surface area (Å²) < 4.78 is 41.1. The number of aliphatic hydroxyl groups excluding tert-OH is 1. The van der Waals surface area contributed by atoms with Gasteiger partial charge in [-0.1, -0.05) is 32.0 Å². The van der Waals surface area contributed by atoms with Crippen LogP contribution in [0.1, 0.15) is 29.9 Å². The molecule has 8 nitrogen and oxygen atoms in total. The lowest BCUT2D eigenvalue weighted by molar-refractivity contribution is -0.0515. The van der Waals surface area contributed by atoms with Gasteiger partial charge in [0.15, 0.2) is 11.5 Å². The van der Waals surface area contributed by atoms with Crippen LogP contribution in [0.15, 0.2) is 59.2 Å². The second-order valence-electron chi connectivity index (χ2n) is 7.81. The van der Waals surface area contributed by atoms with Crippen molar-refractivity contribution in [3.8, 4) is 23.0 Å². The number of aliphatic hydroxyl groups is 1. The van der Waals surface area contributed by atoms with E-state index in [4.69, 9.17) is 14.0 Å². The van der Waals surface area contributed by atoms with Crippen LogP contribution in [-0.2, 0) is 11.3 Å². The van der Waals surface area contributed by atoms with Crippen LogP contribution in [0.25, 0.3) is 11.5 Å². The zero-order chi connectivity index (χ0) is 24.5. The molecule has 1 aromatic heterocycles. The molecule has 0 radical (unpaired) electrons. The van der Waals surface area contributed by atoms with E-state index in [9.17, 15) is 18.7 Å². The number of hydrogen-bond acceptors (Lipinski definition) is 7. The Balaban J connectivity index is 1.67. The number of benzene rings is 2. The van der Waals surface area contributed by atoms with E-state index in [2.05, 4.69) is 15.2 Å². The lowest BCUT2D eigenvalue weighted by Crippen LogP contribution is -2.33. The molecule has 2 aromatic carbocycles. The van der Waals surface area contributed by atoms with E-state index in [1.165, 1.54) is 24.5 Å². The summed E-state index contributed by atoms with van der Waals surface area (Å²) in [5, 5.41) is 9.61. The van der Waals surface area contributed by atoms with Crippen LogP contribution in [-0.4, -0.2) is 41.9 Å². The smallest absolute Gasteiger partial charge is 0.387 e. The van der Waals surface area contributed by atoms with Crippen LogP contribution in [0.2, 0.25) is 0 Å². The van der Waals surface area contributed by atoms with E-state index in [0.717, 1.165) is 0 Å². The van der Waals surface area contributed by atoms with Gasteiger partial charge >= 0.3 is 6.61 Å². The number of nitrogens with one attached hydrogen (secondary N) is 1. The summed E-state index contributed by atoms with van der Waals surface area (Å²) in [6.45, 7) is 0.812. The van der Waals surface area contributed by atoms with Gasteiger partial charge in [0.05, 0.1) is 18.9 Å². The fraction of sp³-hybridized carbons (Fsp3) is 0.333. The van der Waals surface area contributed by atoms with Gasteiger partial charge in [-0.3, -0.25) is 9.63 Å². The summed E-state index contributed by atoms with van der Waals surface area (Å²) in [7, 11) is 0. The molecule has 1 heterocycles. The van der Waals surface area contributed by atoms with Crippen molar-refractivity contribution in [3.63, 3.8) is 0 Å². The second-order valence-corrected chi connectivity index (χ2v) is 7.81. The molecule has 0 saturated carbocycles. The van der Waals surface area contributed by atoms with Crippen LogP contribution in [0.4, 0.5) is 8.78 Å². The summed E-state index contributed by atoms with van der Waals surface area (Å²) in [5.74, 6) is 0.00708. The summed E-state index contributed by atoms with van der Waals surface area (Å²) in [5.41, 5.74) is 3.68. The highest BCUT2D eigenvalue weighted by atomic mass is 19.3. The van der Waals surface area contributed by atoms with Crippen molar-refractivity contribution >= 4 is 5.91 Å². The average Bonchev–Trinajstić information content (AvgIpc) is 3.29. The number of amides is 1. The first-order chi connectivity index (χ1) is 16.4. The van der Waals surface area contributed by atoms with Gasteiger partial charge in [-0.15, -0.1) is 0 Å². The van der Waals surface area contributed by atoms with Gasteiger partial charge in [-0.25, -0.2) is 10.5 Å². The van der Waals surface area contributed by atoms with Crippen molar-refractivity contribution in [3.05, 3.63) is 66.1 Å². The van der Waals surface area contributed by atoms with Gasteiger partial charge in [0.25, 0.3) is 5.91 Å². The van der Waals surface area contributed by atoms with E-state index < -0.39 is 18.6 Å². The predicted octanol–water partition coefficient (Wildman–Crippen LogP) is 4.24. The number of alkyl halides is 2. The number of nitrogens with zero attached hydrogens (tertiary/aromatic N) is 1. The van der Waals surface area contributed by atoms with Crippen molar-refractivity contribution < 1.29 is 37.4 Å². The van der Waals surface area contributed by atoms with Gasteiger partial charge in [0.1, 0.15) is 12.4 Å². The van der Waals surface area contributed by atoms with Crippen molar-refractivity contribution in [2.24, 2.45) is 5.92 Å². The van der Waals surface area contributed by atoms with Crippen molar-refractivity contribution in [1.29, 1.82) is 0 Å². The van der Waals surface area contributed by atoms with E-state index in [1.807, 2.05) is 13.8 Å². The Kier molecular flexibility index (Phi) is 8.94. The lowest BCUT2D eigenvalue weighted by Gasteiger charge is -2.14. The third-order valence-corrected chi connectivity index (χ3v) is 4.53. The second kappa shape index (κ2) is 12.1. The lowest BCUT2D eigenvalue weighted by atomic mass is 10.2. The molecule has 2 N–H and O–H groups in total. The molecule has 0 aliphatic rings. The highest BCUT2D eigenvalue weighted by molar-refractivity contribution is 5.93. The average molecular weight is 476 g/mol. The van der Waals surface area contributed by atoms with E-state index in [1.54, 1.807) is 30.3 Å². The molecular weight excluding hydrogens is 450 g/mol. The number of carbonyl (C=O) groups excluding carboxylic acids is 1. The zero-order valence-corrected chi connectivity index (χ0v) is 18.7. The molecule has 10 heteroatoms. The number of aromatic nitrogens is 1. The van der Waals surface area contributed by atoms with Crippen LogP contribution >= 0.6 is 0 Å². The van der Waals surface area contributed by atoms with Gasteiger partial charge < -0.3 is 19.0 Å². The third kappa shape index (κ3) is 7.26. The normalized spacial score (nSPS) is 12.1. The van der Waals surface area contributed by atoms with Crippen molar-refractivity contribution in [1.82, 2.24) is 10.5 Å². The number of oxazole rings is 1. The third-order valence-electron chi connectivity index (χ3n) is 4.53. The molecule has 0 bridgehead atoms. The Bertz CT molecular complexity index is 1060. The topological polar surface area (TPSA) is 103 Å². The molecule has 0 aliphatic carbocycles. The first kappa shape index (κ1) is 25.1. The minimum absolute atomic E-state index is 0.0888. The maximum absolute atomic E-state index is 12.7. The summed E-state index contributed by atoms with van der Waals surface area (Å²) >= 11 is 0. The first-order valence-electron chi connectivity index (χ1n) is 10.6. The SMILES string of the molecule is CC(C)COc1cc(-c2nc(CC(CO)ONC(=O)c3ccccc3)co2)ccc1OC(F)F. The Morgan fingerprint density at radius 1 is 1.15 bits per heavy atom. The molecule has 1 atom stereocenters. The highest BCUT2D eigenvalue weighted by Crippen LogP contribution is 2.34. The van der Waals surface area contributed by atoms with Gasteiger partial charge in [0, 0.05) is 17.5 Å². The van der Waals surface area contributed by atoms with Crippen LogP contribution in [0.3, 0.4) is 0 Å². The fourth-order valence-corrected chi connectivity index (χ4v) is 2.90. The quantitative estimate of drug-likeness (QED) is 0.377. The molecule has 0 saturated heterocycles. The van der Waals surface area contributed by atoms with E-state index in [-0.39, 0.29) is 36.3 Å². The van der Waals surface area contributed by atoms with Crippen LogP contribution in [0.5, 0.6) is 11.5 Å². The molecule has 34 heavy (non-hydrogen) atoms. The number of carbonyl (C=O) groups is 1. The van der Waals surface area contributed by atoms with Gasteiger partial charge in [0.2, 0.25) is 5.89 Å². The molecule has 0 aliphatic heterocycles. The molecule has 3 aromatic rings. The summed E-state index contributed by atoms with van der Waals surface area (Å²) in [6, 6.07) is 12.9. The first-order valence-corrected chi connectivity index (χ1v) is 10.6. The number of hydroxylamine groups is 1. The molecule has 1 amide bonds. The number of hydrogen-bond donors (Lipinski definition) is 2. The zero-order valence-electron chi connectivity index (χ0n) is 18.7. The maximum Gasteiger partial charge on any atom is 0.387 e. The molecule has 0 fully saturated rings. The van der Waals surface area contributed by atoms with E-state index >= 15 is 0 Å². The maximum atomic E-state index is 12.7. The molecule has 182 valence electrons. The summed E-state index contributed by atoms with van der Waals surface area (Å²) in [6.07, 6.45) is 0.772. The van der Waals surface area contributed by atoms with Gasteiger partial charge in [-0.05, 0) is 36.2 Å². The van der Waals surface area contributed by atoms with Crippen LogP contribution in [0, 0.1) is 5.92 Å². The fourth-order valence-electron chi connectivity index (χ4n) is 2.90. The van der Waals surface area contributed by atoms with Crippen molar-refractivity contribution in [2.45, 2.75) is 33.0 Å². The largest absolute Gasteiger partial charge is 0.489 e. The minimum Gasteiger partial charge on any atom is -0.489 e. The number of rotatable bonds is 12. The van der Waals surface area contributed by atoms with Gasteiger partial charge in [-0.2, -0.15) is 8.78 Å². The Morgan fingerprint density at radius 3 is 2.59 bits per heavy atom. The van der Waals surface area contributed by atoms with E-state index in [0.29, 0.717) is 23.4 Å². The Morgan fingerprint density at radius 2 is 1.91 bits per heavy atom. The predicted molar refractivity (Wildman–Crippen MR) is 118 cm³/mol. The highest BCUT2D eigenvalue weighted by Gasteiger charge is 2.18.